The van der Waals surface area contributed by atoms with Crippen LogP contribution in [0.5, 0.6) is 11.5 Å². The third kappa shape index (κ3) is 3.62. The Morgan fingerprint density at radius 2 is 1.91 bits per heavy atom. The fourth-order valence-electron chi connectivity index (χ4n) is 4.09. The van der Waals surface area contributed by atoms with Gasteiger partial charge in [0.1, 0.15) is 0 Å². The van der Waals surface area contributed by atoms with E-state index in [1.165, 1.54) is 18.3 Å². The molecule has 5 rings (SSSR count). The van der Waals surface area contributed by atoms with Gasteiger partial charge in [-0.2, -0.15) is 0 Å². The highest BCUT2D eigenvalue weighted by Gasteiger charge is 2.35. The van der Waals surface area contributed by atoms with Crippen molar-refractivity contribution < 1.29 is 23.9 Å². The normalized spacial score (nSPS) is 14.9. The Morgan fingerprint density at radius 1 is 1.12 bits per heavy atom. The highest BCUT2D eigenvalue weighted by atomic mass is 32.1. The Kier molecular flexibility index (Phi) is 5.14. The number of ether oxygens (including phenoxy) is 2. The smallest absolute Gasteiger partial charge is 0.255 e. The van der Waals surface area contributed by atoms with Crippen LogP contribution in [0.15, 0.2) is 53.9 Å². The summed E-state index contributed by atoms with van der Waals surface area (Å²) in [6, 6.07) is 14.1. The zero-order chi connectivity index (χ0) is 22.2. The number of thiophene rings is 1. The predicted molar refractivity (Wildman–Crippen MR) is 119 cm³/mol. The van der Waals surface area contributed by atoms with Crippen molar-refractivity contribution >= 4 is 34.6 Å². The Bertz CT molecular complexity index is 1220. The predicted octanol–water partition coefficient (Wildman–Crippen LogP) is 4.41. The fourth-order valence-corrected chi connectivity index (χ4v) is 4.93. The summed E-state index contributed by atoms with van der Waals surface area (Å²) in [6.07, 6.45) is 0.0615. The van der Waals surface area contributed by atoms with Gasteiger partial charge in [-0.25, -0.2) is 0 Å². The van der Waals surface area contributed by atoms with Gasteiger partial charge < -0.3 is 19.7 Å². The number of nitrogens with zero attached hydrogens (tertiary/aromatic N) is 1. The number of nitrogens with one attached hydrogen (secondary N) is 1. The molecule has 0 aliphatic carbocycles. The van der Waals surface area contributed by atoms with Crippen molar-refractivity contribution in [1.29, 1.82) is 0 Å². The number of benzene rings is 2. The van der Waals surface area contributed by atoms with E-state index in [9.17, 15) is 14.4 Å². The van der Waals surface area contributed by atoms with Gasteiger partial charge in [-0.1, -0.05) is 24.3 Å². The molecule has 7 nitrogen and oxygen atoms in total. The molecule has 2 aromatic carbocycles. The zero-order valence-electron chi connectivity index (χ0n) is 17.3. The van der Waals surface area contributed by atoms with Gasteiger partial charge in [-0.3, -0.25) is 14.4 Å². The second-order valence-corrected chi connectivity index (χ2v) is 8.66. The molecule has 0 unspecified atom stereocenters. The highest BCUT2D eigenvalue weighted by molar-refractivity contribution is 7.10. The van der Waals surface area contributed by atoms with Crippen LogP contribution in [0.25, 0.3) is 0 Å². The van der Waals surface area contributed by atoms with E-state index in [0.717, 1.165) is 10.4 Å². The Morgan fingerprint density at radius 3 is 2.62 bits per heavy atom. The van der Waals surface area contributed by atoms with Crippen molar-refractivity contribution in [3.05, 3.63) is 75.5 Å². The largest absolute Gasteiger partial charge is 0.454 e. The molecule has 1 N–H and O–H groups in total. The first-order chi connectivity index (χ1) is 15.5. The molecule has 0 saturated heterocycles. The van der Waals surface area contributed by atoms with Gasteiger partial charge in [-0.05, 0) is 36.1 Å². The Hall–Kier alpha value is -3.65. The van der Waals surface area contributed by atoms with Gasteiger partial charge in [0.2, 0.25) is 12.7 Å². The summed E-state index contributed by atoms with van der Waals surface area (Å²) in [6.45, 7) is 1.96. The number of anilines is 1. The lowest BCUT2D eigenvalue weighted by Gasteiger charge is -2.27. The van der Waals surface area contributed by atoms with Crippen molar-refractivity contribution in [2.24, 2.45) is 0 Å². The highest BCUT2D eigenvalue weighted by Crippen LogP contribution is 2.38. The van der Waals surface area contributed by atoms with E-state index in [1.54, 1.807) is 17.0 Å². The average molecular weight is 449 g/mol. The summed E-state index contributed by atoms with van der Waals surface area (Å²) in [7, 11) is 0. The van der Waals surface area contributed by atoms with Crippen molar-refractivity contribution in [1.82, 2.24) is 4.90 Å². The van der Waals surface area contributed by atoms with Crippen LogP contribution < -0.4 is 14.8 Å². The van der Waals surface area contributed by atoms with Crippen molar-refractivity contribution in [2.45, 2.75) is 25.9 Å². The molecule has 2 aliphatic heterocycles. The molecule has 8 heteroatoms. The standard InChI is InChI=1S/C24H20N2O5S/c1-14(27)17-9-20-21(31-13-30-20)10-18(17)25-23(28)11-19(22-7-4-8-32-22)26-12-15-5-2-3-6-16(15)24(26)29/h2-10,19H,11-13H2,1H3,(H,25,28)/t19-/m0/s1. The first-order valence-corrected chi connectivity index (χ1v) is 11.1. The van der Waals surface area contributed by atoms with Gasteiger partial charge in [0.05, 0.1) is 18.2 Å². The molecule has 1 atom stereocenters. The maximum Gasteiger partial charge on any atom is 0.255 e. The van der Waals surface area contributed by atoms with E-state index >= 15 is 0 Å². The fraction of sp³-hybridized carbons (Fsp3) is 0.208. The monoisotopic (exact) mass is 448 g/mol. The quantitative estimate of drug-likeness (QED) is 0.565. The number of rotatable bonds is 6. The first-order valence-electron chi connectivity index (χ1n) is 10.2. The summed E-state index contributed by atoms with van der Waals surface area (Å²) in [4.78, 5) is 41.0. The lowest BCUT2D eigenvalue weighted by atomic mass is 10.1. The molecule has 0 bridgehead atoms. The van der Waals surface area contributed by atoms with Crippen LogP contribution >= 0.6 is 11.3 Å². The SMILES string of the molecule is CC(=O)c1cc2c(cc1NC(=O)C[C@@H](c1cccs1)N1Cc3ccccc3C1=O)OCO2. The van der Waals surface area contributed by atoms with Gasteiger partial charge in [-0.15, -0.1) is 11.3 Å². The van der Waals surface area contributed by atoms with E-state index in [1.807, 2.05) is 41.8 Å². The molecule has 162 valence electrons. The zero-order valence-corrected chi connectivity index (χ0v) is 18.1. The number of hydrogen-bond donors (Lipinski definition) is 1. The van der Waals surface area contributed by atoms with E-state index in [-0.39, 0.29) is 30.8 Å². The molecule has 0 spiro atoms. The number of fused-ring (bicyclic) bond motifs is 2. The lowest BCUT2D eigenvalue weighted by Crippen LogP contribution is -2.31. The van der Waals surface area contributed by atoms with Crippen LogP contribution in [0.4, 0.5) is 5.69 Å². The third-order valence-electron chi connectivity index (χ3n) is 5.64. The summed E-state index contributed by atoms with van der Waals surface area (Å²) >= 11 is 1.51. The maximum atomic E-state index is 13.1. The number of carbonyl (C=O) groups is 3. The van der Waals surface area contributed by atoms with E-state index < -0.39 is 6.04 Å². The van der Waals surface area contributed by atoms with Gasteiger partial charge in [0.15, 0.2) is 17.3 Å². The van der Waals surface area contributed by atoms with E-state index in [0.29, 0.717) is 34.9 Å². The third-order valence-corrected chi connectivity index (χ3v) is 6.62. The van der Waals surface area contributed by atoms with Crippen LogP contribution in [-0.2, 0) is 11.3 Å². The number of carbonyl (C=O) groups excluding carboxylic acids is 3. The van der Waals surface area contributed by atoms with Crippen molar-refractivity contribution in [3.8, 4) is 11.5 Å². The molecular weight excluding hydrogens is 428 g/mol. The molecule has 3 aromatic rings. The second kappa shape index (κ2) is 8.12. The summed E-state index contributed by atoms with van der Waals surface area (Å²) in [5.41, 5.74) is 2.34. The average Bonchev–Trinajstić information content (AvgIpc) is 3.52. The summed E-state index contributed by atoms with van der Waals surface area (Å²) in [5, 5.41) is 4.77. The molecule has 0 fully saturated rings. The number of Topliss-reactive ketones (excluding diaryl/α,β-unsaturated/α-hetero) is 1. The van der Waals surface area contributed by atoms with E-state index in [2.05, 4.69) is 5.32 Å². The first kappa shape index (κ1) is 20.3. The molecule has 0 saturated carbocycles. The molecular formula is C24H20N2O5S. The Balaban J connectivity index is 1.41. The van der Waals surface area contributed by atoms with Crippen molar-refractivity contribution in [3.63, 3.8) is 0 Å². The molecule has 2 amide bonds. The molecule has 32 heavy (non-hydrogen) atoms. The topological polar surface area (TPSA) is 84.9 Å². The maximum absolute atomic E-state index is 13.1. The van der Waals surface area contributed by atoms with Crippen LogP contribution in [-0.4, -0.2) is 29.3 Å². The van der Waals surface area contributed by atoms with Crippen LogP contribution in [0.2, 0.25) is 0 Å². The lowest BCUT2D eigenvalue weighted by molar-refractivity contribution is -0.117. The minimum absolute atomic E-state index is 0.0615. The van der Waals surface area contributed by atoms with Crippen LogP contribution in [0.3, 0.4) is 0 Å². The minimum Gasteiger partial charge on any atom is -0.454 e. The Labute approximate surface area is 188 Å². The second-order valence-electron chi connectivity index (χ2n) is 7.68. The van der Waals surface area contributed by atoms with E-state index in [4.69, 9.17) is 9.47 Å². The number of amides is 2. The number of hydrogen-bond acceptors (Lipinski definition) is 6. The minimum atomic E-state index is -0.412. The molecule has 1 aromatic heterocycles. The summed E-state index contributed by atoms with van der Waals surface area (Å²) in [5.74, 6) is 0.377. The van der Waals surface area contributed by atoms with Gasteiger partial charge in [0.25, 0.3) is 5.91 Å². The van der Waals surface area contributed by atoms with Crippen LogP contribution in [0, 0.1) is 0 Å². The molecule has 0 radical (unpaired) electrons. The van der Waals surface area contributed by atoms with Crippen molar-refractivity contribution in [2.75, 3.05) is 12.1 Å². The number of ketones is 1. The molecule has 2 aliphatic rings. The van der Waals surface area contributed by atoms with Gasteiger partial charge in [0, 0.05) is 28.6 Å². The van der Waals surface area contributed by atoms with Crippen LogP contribution in [0.1, 0.15) is 50.5 Å². The molecule has 3 heterocycles. The summed E-state index contributed by atoms with van der Waals surface area (Å²) < 4.78 is 10.7. The van der Waals surface area contributed by atoms with Gasteiger partial charge >= 0.3 is 0 Å².